The second kappa shape index (κ2) is 9.65. The molecule has 0 spiro atoms. The summed E-state index contributed by atoms with van der Waals surface area (Å²) >= 11 is 1.35. The van der Waals surface area contributed by atoms with Crippen LogP contribution in [-0.4, -0.2) is 48.4 Å². The number of fused-ring (bicyclic) bond motifs is 3. The van der Waals surface area contributed by atoms with Gasteiger partial charge in [0, 0.05) is 34.2 Å². The Morgan fingerprint density at radius 3 is 2.17 bits per heavy atom. The molecule has 0 saturated carbocycles. The molecule has 0 radical (unpaired) electrons. The lowest BCUT2D eigenvalue weighted by molar-refractivity contribution is 0.415. The van der Waals surface area contributed by atoms with E-state index in [9.17, 15) is 16.8 Å². The summed E-state index contributed by atoms with van der Waals surface area (Å²) < 4.78 is 69.3. The second-order valence-electron chi connectivity index (χ2n) is 7.65. The van der Waals surface area contributed by atoms with Crippen molar-refractivity contribution in [1.29, 1.82) is 0 Å². The number of ether oxygens (including phenoxy) is 2. The lowest BCUT2D eigenvalue weighted by Gasteiger charge is -2.18. The number of methoxy groups -OCH3 is 2. The van der Waals surface area contributed by atoms with Crippen molar-refractivity contribution in [2.24, 2.45) is 0 Å². The van der Waals surface area contributed by atoms with Gasteiger partial charge < -0.3 is 9.47 Å². The van der Waals surface area contributed by atoms with E-state index in [0.29, 0.717) is 45.7 Å². The minimum absolute atomic E-state index is 0.0350. The van der Waals surface area contributed by atoms with Crippen LogP contribution in [0.3, 0.4) is 0 Å². The molecule has 1 heterocycles. The zero-order valence-corrected chi connectivity index (χ0v) is 22.2. The number of nitrogens with one attached hydrogen (secondary N) is 1. The minimum atomic E-state index is -4.02. The van der Waals surface area contributed by atoms with E-state index in [1.54, 1.807) is 62.4 Å². The molecule has 0 saturated heterocycles. The highest BCUT2D eigenvalue weighted by Crippen LogP contribution is 2.43. The lowest BCUT2D eigenvalue weighted by atomic mass is 10.1. The Labute approximate surface area is 209 Å². The van der Waals surface area contributed by atoms with Crippen molar-refractivity contribution in [1.82, 2.24) is 4.31 Å². The summed E-state index contributed by atoms with van der Waals surface area (Å²) in [6.45, 7) is 4.22. The molecule has 11 heteroatoms. The van der Waals surface area contributed by atoms with Gasteiger partial charge in [0.25, 0.3) is 10.0 Å². The number of hydrogen-bond donors (Lipinski definition) is 1. The van der Waals surface area contributed by atoms with E-state index in [2.05, 4.69) is 4.72 Å². The normalized spacial score (nSPS) is 12.4. The maximum absolute atomic E-state index is 13.5. The molecule has 0 bridgehead atoms. The van der Waals surface area contributed by atoms with Crippen LogP contribution >= 0.6 is 11.3 Å². The number of sulfonamides is 2. The summed E-state index contributed by atoms with van der Waals surface area (Å²) in [5, 5.41) is 0.953. The smallest absolute Gasteiger partial charge is 0.262 e. The molecular formula is C24H26N2O6S3. The standard InChI is InChI=1S/C24H26N2O6S3/c1-5-26(6-2)35(29,30)18-11-13-21-19(15-18)23-22(14-12-20(32-4)24(23)33-21)34(27,28)25-16-7-9-17(31-3)10-8-16/h7-15,25H,5-6H2,1-4H3. The first-order valence-electron chi connectivity index (χ1n) is 10.9. The van der Waals surface area contributed by atoms with Crippen molar-refractivity contribution < 1.29 is 26.3 Å². The van der Waals surface area contributed by atoms with Crippen molar-refractivity contribution >= 4 is 57.2 Å². The van der Waals surface area contributed by atoms with Crippen LogP contribution in [-0.2, 0) is 20.0 Å². The number of hydrogen-bond acceptors (Lipinski definition) is 7. The predicted octanol–water partition coefficient (Wildman–Crippen LogP) is 4.90. The van der Waals surface area contributed by atoms with Gasteiger partial charge >= 0.3 is 0 Å². The second-order valence-corrected chi connectivity index (χ2v) is 12.3. The Balaban J connectivity index is 1.93. The van der Waals surface area contributed by atoms with E-state index >= 15 is 0 Å². The number of thiophene rings is 1. The largest absolute Gasteiger partial charge is 0.497 e. The fourth-order valence-electron chi connectivity index (χ4n) is 3.93. The summed E-state index contributed by atoms with van der Waals surface area (Å²) in [7, 11) is -4.70. The van der Waals surface area contributed by atoms with Crippen LogP contribution in [0.2, 0.25) is 0 Å². The molecule has 0 unspecified atom stereocenters. The molecule has 1 aromatic heterocycles. The molecule has 8 nitrogen and oxygen atoms in total. The maximum Gasteiger partial charge on any atom is 0.262 e. The molecule has 0 aliphatic rings. The van der Waals surface area contributed by atoms with E-state index in [0.717, 1.165) is 4.70 Å². The predicted molar refractivity (Wildman–Crippen MR) is 140 cm³/mol. The van der Waals surface area contributed by atoms with Crippen molar-refractivity contribution in [2.75, 3.05) is 32.0 Å². The van der Waals surface area contributed by atoms with Gasteiger partial charge in [0.05, 0.1) is 28.7 Å². The van der Waals surface area contributed by atoms with Gasteiger partial charge in [0.1, 0.15) is 11.5 Å². The molecule has 0 aliphatic carbocycles. The van der Waals surface area contributed by atoms with Crippen LogP contribution in [0.5, 0.6) is 11.5 Å². The molecule has 35 heavy (non-hydrogen) atoms. The number of anilines is 1. The van der Waals surface area contributed by atoms with Gasteiger partial charge in [-0.15, -0.1) is 11.3 Å². The molecule has 4 rings (SSSR count). The molecule has 186 valence electrons. The Morgan fingerprint density at radius 1 is 0.886 bits per heavy atom. The third-order valence-electron chi connectivity index (χ3n) is 5.71. The zero-order valence-electron chi connectivity index (χ0n) is 19.7. The van der Waals surface area contributed by atoms with E-state index in [1.807, 2.05) is 0 Å². The van der Waals surface area contributed by atoms with Gasteiger partial charge in [-0.3, -0.25) is 4.72 Å². The van der Waals surface area contributed by atoms with Gasteiger partial charge in [-0.05, 0) is 54.6 Å². The monoisotopic (exact) mass is 534 g/mol. The Morgan fingerprint density at radius 2 is 1.57 bits per heavy atom. The van der Waals surface area contributed by atoms with Gasteiger partial charge in [-0.1, -0.05) is 13.8 Å². The van der Waals surface area contributed by atoms with Gasteiger partial charge in [0.15, 0.2) is 0 Å². The van der Waals surface area contributed by atoms with Gasteiger partial charge in [0.2, 0.25) is 10.0 Å². The summed E-state index contributed by atoms with van der Waals surface area (Å²) in [6, 6.07) is 14.4. The highest BCUT2D eigenvalue weighted by molar-refractivity contribution is 7.93. The zero-order chi connectivity index (χ0) is 25.4. The van der Waals surface area contributed by atoms with Gasteiger partial charge in [-0.2, -0.15) is 4.31 Å². The van der Waals surface area contributed by atoms with Crippen LogP contribution in [0.25, 0.3) is 20.2 Å². The van der Waals surface area contributed by atoms with Crippen LogP contribution in [0.15, 0.2) is 64.4 Å². The fraction of sp³-hybridized carbons (Fsp3) is 0.250. The summed E-state index contributed by atoms with van der Waals surface area (Å²) in [5.41, 5.74) is 0.374. The van der Waals surface area contributed by atoms with E-state index in [4.69, 9.17) is 9.47 Å². The first-order chi connectivity index (χ1) is 16.7. The van der Waals surface area contributed by atoms with Crippen molar-refractivity contribution in [2.45, 2.75) is 23.6 Å². The third-order valence-corrected chi connectivity index (χ3v) is 10.4. The Kier molecular flexibility index (Phi) is 6.96. The maximum atomic E-state index is 13.5. The minimum Gasteiger partial charge on any atom is -0.497 e. The quantitative estimate of drug-likeness (QED) is 0.328. The Hall–Kier alpha value is -2.86. The fourth-order valence-corrected chi connectivity index (χ4v) is 7.97. The summed E-state index contributed by atoms with van der Waals surface area (Å²) in [5.74, 6) is 1.11. The SMILES string of the molecule is CCN(CC)S(=O)(=O)c1ccc2sc3c(OC)ccc(S(=O)(=O)Nc4ccc(OC)cc4)c3c2c1. The van der Waals surface area contributed by atoms with Crippen LogP contribution < -0.4 is 14.2 Å². The molecule has 3 aromatic carbocycles. The van der Waals surface area contributed by atoms with Crippen LogP contribution in [0.1, 0.15) is 13.8 Å². The third kappa shape index (κ3) is 4.56. The first-order valence-corrected chi connectivity index (χ1v) is 14.6. The first kappa shape index (κ1) is 25.2. The average Bonchev–Trinajstić information content (AvgIpc) is 3.23. The van der Waals surface area contributed by atoms with Crippen LogP contribution in [0.4, 0.5) is 5.69 Å². The van der Waals surface area contributed by atoms with Crippen molar-refractivity contribution in [3.8, 4) is 11.5 Å². The molecular weight excluding hydrogens is 508 g/mol. The van der Waals surface area contributed by atoms with Crippen molar-refractivity contribution in [3.63, 3.8) is 0 Å². The number of rotatable bonds is 9. The van der Waals surface area contributed by atoms with Crippen molar-refractivity contribution in [3.05, 3.63) is 54.6 Å². The molecule has 1 N–H and O–H groups in total. The molecule has 0 atom stereocenters. The highest BCUT2D eigenvalue weighted by atomic mass is 32.2. The summed E-state index contributed by atoms with van der Waals surface area (Å²) in [4.78, 5) is 0.149. The van der Waals surface area contributed by atoms with E-state index in [-0.39, 0.29) is 9.79 Å². The average molecular weight is 535 g/mol. The van der Waals surface area contributed by atoms with E-state index < -0.39 is 20.0 Å². The summed E-state index contributed by atoms with van der Waals surface area (Å²) in [6.07, 6.45) is 0. The Bertz CT molecular complexity index is 1590. The number of benzene rings is 3. The van der Waals surface area contributed by atoms with E-state index in [1.165, 1.54) is 35.9 Å². The highest BCUT2D eigenvalue weighted by Gasteiger charge is 2.26. The molecule has 0 aliphatic heterocycles. The van der Waals surface area contributed by atoms with Crippen LogP contribution in [0, 0.1) is 0 Å². The number of nitrogens with zero attached hydrogens (tertiary/aromatic N) is 1. The van der Waals surface area contributed by atoms with Gasteiger partial charge in [-0.25, -0.2) is 16.8 Å². The molecule has 0 amide bonds. The lowest BCUT2D eigenvalue weighted by Crippen LogP contribution is -2.30. The molecule has 0 fully saturated rings. The topological polar surface area (TPSA) is 102 Å². The molecule has 4 aromatic rings.